The second kappa shape index (κ2) is 11.4. The molecule has 0 atom stereocenters. The van der Waals surface area contributed by atoms with E-state index in [1.165, 1.54) is 38.5 Å². The van der Waals surface area contributed by atoms with E-state index in [0.717, 1.165) is 36.8 Å². The molecular weight excluding hydrogens is 418 g/mol. The van der Waals surface area contributed by atoms with Gasteiger partial charge < -0.3 is 14.1 Å². The average Bonchev–Trinajstić information content (AvgIpc) is 3.32. The third-order valence-electron chi connectivity index (χ3n) is 6.89. The predicted octanol–water partition coefficient (Wildman–Crippen LogP) is 5.01. The van der Waals surface area contributed by atoms with Gasteiger partial charge in [0.15, 0.2) is 6.61 Å². The van der Waals surface area contributed by atoms with Crippen LogP contribution in [0.5, 0.6) is 0 Å². The summed E-state index contributed by atoms with van der Waals surface area (Å²) in [5, 5.41) is 8.10. The number of carbonyl (C=O) groups is 2. The van der Waals surface area contributed by atoms with Gasteiger partial charge in [-0.05, 0) is 44.7 Å². The van der Waals surface area contributed by atoms with E-state index in [0.29, 0.717) is 30.3 Å². The summed E-state index contributed by atoms with van der Waals surface area (Å²) in [7, 11) is 0. The summed E-state index contributed by atoms with van der Waals surface area (Å²) in [6.45, 7) is 1.84. The standard InChI is InChI=1S/C26H35N3O4/c1-19-12-14-20(15-13-19)26-28-27-23(33-26)16-17-25(31)32-18-24(30)29(21-8-4-2-5-9-21)22-10-6-3-7-11-22/h12-15,21-22H,2-11,16-18H2,1H3. The molecule has 7 heteroatoms. The number of hydrogen-bond acceptors (Lipinski definition) is 6. The Morgan fingerprint density at radius 3 is 2.15 bits per heavy atom. The van der Waals surface area contributed by atoms with Crippen LogP contribution in [0.2, 0.25) is 0 Å². The van der Waals surface area contributed by atoms with Crippen molar-refractivity contribution in [2.24, 2.45) is 0 Å². The Balaban J connectivity index is 1.27. The fraction of sp³-hybridized carbons (Fsp3) is 0.615. The number of aromatic nitrogens is 2. The Morgan fingerprint density at radius 2 is 1.55 bits per heavy atom. The fourth-order valence-electron chi connectivity index (χ4n) is 5.09. The van der Waals surface area contributed by atoms with Crippen LogP contribution >= 0.6 is 0 Å². The Labute approximate surface area is 195 Å². The van der Waals surface area contributed by atoms with Crippen LogP contribution in [0.1, 0.15) is 82.1 Å². The molecule has 0 N–H and O–H groups in total. The minimum atomic E-state index is -0.411. The third kappa shape index (κ3) is 6.42. The summed E-state index contributed by atoms with van der Waals surface area (Å²) in [6, 6.07) is 8.42. The Kier molecular flexibility index (Phi) is 8.13. The highest BCUT2D eigenvalue weighted by Crippen LogP contribution is 2.30. The second-order valence-electron chi connectivity index (χ2n) is 9.41. The Morgan fingerprint density at radius 1 is 0.939 bits per heavy atom. The fourth-order valence-corrected chi connectivity index (χ4v) is 5.09. The zero-order chi connectivity index (χ0) is 23.0. The number of carbonyl (C=O) groups excluding carboxylic acids is 2. The summed E-state index contributed by atoms with van der Waals surface area (Å²) in [4.78, 5) is 27.5. The highest BCUT2D eigenvalue weighted by atomic mass is 16.5. The van der Waals surface area contributed by atoms with Crippen LogP contribution < -0.4 is 0 Å². The molecule has 2 saturated carbocycles. The van der Waals surface area contributed by atoms with Gasteiger partial charge in [-0.3, -0.25) is 9.59 Å². The van der Waals surface area contributed by atoms with E-state index in [1.807, 2.05) is 31.2 Å². The number of esters is 1. The molecule has 0 saturated heterocycles. The molecule has 1 amide bonds. The van der Waals surface area contributed by atoms with Crippen LogP contribution in [-0.2, 0) is 20.7 Å². The lowest BCUT2D eigenvalue weighted by Crippen LogP contribution is -2.50. The van der Waals surface area contributed by atoms with Gasteiger partial charge in [0.05, 0.1) is 6.42 Å². The van der Waals surface area contributed by atoms with Crippen molar-refractivity contribution in [2.45, 2.75) is 96.1 Å². The molecule has 0 bridgehead atoms. The molecule has 2 fully saturated rings. The molecular formula is C26H35N3O4. The summed E-state index contributed by atoms with van der Waals surface area (Å²) in [5.74, 6) is 0.372. The molecule has 2 aliphatic carbocycles. The first-order valence-electron chi connectivity index (χ1n) is 12.5. The minimum Gasteiger partial charge on any atom is -0.456 e. The second-order valence-corrected chi connectivity index (χ2v) is 9.41. The van der Waals surface area contributed by atoms with E-state index >= 15 is 0 Å². The van der Waals surface area contributed by atoms with E-state index in [1.54, 1.807) is 0 Å². The molecule has 0 aliphatic heterocycles. The lowest BCUT2D eigenvalue weighted by atomic mass is 9.88. The summed E-state index contributed by atoms with van der Waals surface area (Å²) in [5.41, 5.74) is 2.00. The maximum atomic E-state index is 13.1. The maximum Gasteiger partial charge on any atom is 0.306 e. The van der Waals surface area contributed by atoms with Crippen LogP contribution in [0, 0.1) is 6.92 Å². The molecule has 0 spiro atoms. The predicted molar refractivity (Wildman–Crippen MR) is 124 cm³/mol. The summed E-state index contributed by atoms with van der Waals surface area (Å²) < 4.78 is 11.1. The number of rotatable bonds is 8. The molecule has 178 valence electrons. The molecule has 0 unspecified atom stereocenters. The average molecular weight is 454 g/mol. The van der Waals surface area contributed by atoms with Gasteiger partial charge in [-0.25, -0.2) is 0 Å². The molecule has 33 heavy (non-hydrogen) atoms. The number of amides is 1. The van der Waals surface area contributed by atoms with Crippen molar-refractivity contribution in [1.82, 2.24) is 15.1 Å². The van der Waals surface area contributed by atoms with Crippen molar-refractivity contribution in [3.8, 4) is 11.5 Å². The van der Waals surface area contributed by atoms with Crippen molar-refractivity contribution in [2.75, 3.05) is 6.61 Å². The van der Waals surface area contributed by atoms with Crippen LogP contribution in [-0.4, -0.2) is 45.7 Å². The number of aryl methyl sites for hydroxylation is 2. The van der Waals surface area contributed by atoms with Crippen molar-refractivity contribution < 1.29 is 18.7 Å². The lowest BCUT2D eigenvalue weighted by molar-refractivity contribution is -0.155. The van der Waals surface area contributed by atoms with Crippen LogP contribution in [0.4, 0.5) is 0 Å². The van der Waals surface area contributed by atoms with Crippen molar-refractivity contribution >= 4 is 11.9 Å². The highest BCUT2D eigenvalue weighted by Gasteiger charge is 2.32. The van der Waals surface area contributed by atoms with Gasteiger partial charge in [0.25, 0.3) is 5.91 Å². The van der Waals surface area contributed by atoms with Gasteiger partial charge >= 0.3 is 5.97 Å². The van der Waals surface area contributed by atoms with E-state index in [9.17, 15) is 9.59 Å². The number of nitrogens with zero attached hydrogens (tertiary/aromatic N) is 3. The number of hydrogen-bond donors (Lipinski definition) is 0. The summed E-state index contributed by atoms with van der Waals surface area (Å²) >= 11 is 0. The van der Waals surface area contributed by atoms with E-state index < -0.39 is 5.97 Å². The van der Waals surface area contributed by atoms with Gasteiger partial charge in [-0.2, -0.15) is 0 Å². The topological polar surface area (TPSA) is 85.5 Å². The smallest absolute Gasteiger partial charge is 0.306 e. The van der Waals surface area contributed by atoms with Crippen LogP contribution in [0.3, 0.4) is 0 Å². The normalized spacial score (nSPS) is 17.6. The Bertz CT molecular complexity index is 894. The molecule has 7 nitrogen and oxygen atoms in total. The SMILES string of the molecule is Cc1ccc(-c2nnc(CCC(=O)OCC(=O)N(C3CCCCC3)C3CCCCC3)o2)cc1. The van der Waals surface area contributed by atoms with E-state index in [4.69, 9.17) is 9.15 Å². The number of ether oxygens (including phenoxy) is 1. The zero-order valence-corrected chi connectivity index (χ0v) is 19.6. The van der Waals surface area contributed by atoms with Gasteiger partial charge in [-0.1, -0.05) is 56.2 Å². The Hall–Kier alpha value is -2.70. The van der Waals surface area contributed by atoms with E-state index in [2.05, 4.69) is 15.1 Å². The molecule has 1 heterocycles. The van der Waals surface area contributed by atoms with Crippen molar-refractivity contribution in [3.63, 3.8) is 0 Å². The van der Waals surface area contributed by atoms with Gasteiger partial charge in [0.1, 0.15) is 0 Å². The first kappa shape index (κ1) is 23.5. The monoisotopic (exact) mass is 453 g/mol. The molecule has 4 rings (SSSR count). The van der Waals surface area contributed by atoms with Crippen LogP contribution in [0.25, 0.3) is 11.5 Å². The van der Waals surface area contributed by atoms with Gasteiger partial charge in [-0.15, -0.1) is 10.2 Å². The van der Waals surface area contributed by atoms with E-state index in [-0.39, 0.29) is 18.9 Å². The quantitative estimate of drug-likeness (QED) is 0.522. The first-order valence-corrected chi connectivity index (χ1v) is 12.5. The highest BCUT2D eigenvalue weighted by molar-refractivity contribution is 5.81. The molecule has 0 radical (unpaired) electrons. The maximum absolute atomic E-state index is 13.1. The first-order chi connectivity index (χ1) is 16.1. The van der Waals surface area contributed by atoms with Crippen molar-refractivity contribution in [3.05, 3.63) is 35.7 Å². The molecule has 2 aromatic rings. The van der Waals surface area contributed by atoms with Crippen molar-refractivity contribution in [1.29, 1.82) is 0 Å². The zero-order valence-electron chi connectivity index (χ0n) is 19.6. The minimum absolute atomic E-state index is 0.0402. The van der Waals surface area contributed by atoms with Gasteiger partial charge in [0.2, 0.25) is 11.8 Å². The largest absolute Gasteiger partial charge is 0.456 e. The lowest BCUT2D eigenvalue weighted by Gasteiger charge is -2.41. The number of benzene rings is 1. The molecule has 2 aliphatic rings. The molecule has 1 aromatic carbocycles. The van der Waals surface area contributed by atoms with Crippen LogP contribution in [0.15, 0.2) is 28.7 Å². The molecule has 1 aromatic heterocycles. The van der Waals surface area contributed by atoms with Gasteiger partial charge in [0, 0.05) is 24.1 Å². The third-order valence-corrected chi connectivity index (χ3v) is 6.89. The summed E-state index contributed by atoms with van der Waals surface area (Å²) in [6.07, 6.45) is 11.9.